The number of nitrogens with zero attached hydrogens (tertiary/aromatic N) is 3. The molecule has 0 saturated carbocycles. The van der Waals surface area contributed by atoms with Crippen LogP contribution in [-0.4, -0.2) is 26.4 Å². The number of hydrogen-bond acceptors (Lipinski definition) is 4. The van der Waals surface area contributed by atoms with Crippen molar-refractivity contribution in [2.45, 2.75) is 5.16 Å². The fourth-order valence-corrected chi connectivity index (χ4v) is 4.62. The Morgan fingerprint density at radius 1 is 0.935 bits per heavy atom. The number of amides is 1. The van der Waals surface area contributed by atoms with Crippen molar-refractivity contribution in [3.05, 3.63) is 87.3 Å². The van der Waals surface area contributed by atoms with Crippen LogP contribution in [-0.2, 0) is 4.79 Å². The highest BCUT2D eigenvalue weighted by atomic mass is 79.9. The number of nitrogens with one attached hydrogen (secondary N) is 1. The van der Waals surface area contributed by atoms with E-state index in [2.05, 4.69) is 31.4 Å². The zero-order valence-corrected chi connectivity index (χ0v) is 19.8. The van der Waals surface area contributed by atoms with E-state index in [1.165, 1.54) is 11.8 Å². The van der Waals surface area contributed by atoms with E-state index in [1.54, 1.807) is 18.2 Å². The average Bonchev–Trinajstić information content (AvgIpc) is 3.19. The lowest BCUT2D eigenvalue weighted by atomic mass is 10.2. The third-order valence-corrected chi connectivity index (χ3v) is 6.57. The van der Waals surface area contributed by atoms with E-state index in [-0.39, 0.29) is 11.7 Å². The summed E-state index contributed by atoms with van der Waals surface area (Å²) < 4.78 is 2.84. The van der Waals surface area contributed by atoms with Gasteiger partial charge in [-0.1, -0.05) is 93.4 Å². The van der Waals surface area contributed by atoms with Crippen molar-refractivity contribution in [1.29, 1.82) is 0 Å². The first-order valence-corrected chi connectivity index (χ1v) is 11.7. The van der Waals surface area contributed by atoms with E-state index in [0.29, 0.717) is 26.7 Å². The van der Waals surface area contributed by atoms with Gasteiger partial charge in [-0.25, -0.2) is 0 Å². The third-order valence-electron chi connectivity index (χ3n) is 4.32. The Balaban J connectivity index is 1.62. The van der Waals surface area contributed by atoms with E-state index >= 15 is 0 Å². The van der Waals surface area contributed by atoms with Crippen LogP contribution in [0.4, 0.5) is 5.69 Å². The van der Waals surface area contributed by atoms with Gasteiger partial charge in [0.2, 0.25) is 5.91 Å². The van der Waals surface area contributed by atoms with Crippen LogP contribution in [0.15, 0.2) is 82.4 Å². The normalized spacial score (nSPS) is 10.8. The van der Waals surface area contributed by atoms with Crippen molar-refractivity contribution in [3.8, 4) is 17.1 Å². The number of halogens is 3. The van der Waals surface area contributed by atoms with Gasteiger partial charge in [0, 0.05) is 15.7 Å². The van der Waals surface area contributed by atoms with Crippen LogP contribution in [0, 0.1) is 0 Å². The van der Waals surface area contributed by atoms with Gasteiger partial charge in [-0.05, 0) is 30.3 Å². The molecule has 1 aromatic heterocycles. The molecule has 9 heteroatoms. The molecule has 5 nitrogen and oxygen atoms in total. The summed E-state index contributed by atoms with van der Waals surface area (Å²) in [5, 5.41) is 12.9. The molecule has 0 unspecified atom stereocenters. The second-order valence-corrected chi connectivity index (χ2v) is 9.00. The summed E-state index contributed by atoms with van der Waals surface area (Å²) in [5.74, 6) is 0.545. The zero-order valence-electron chi connectivity index (χ0n) is 15.9. The van der Waals surface area contributed by atoms with E-state index in [9.17, 15) is 4.79 Å². The highest BCUT2D eigenvalue weighted by Crippen LogP contribution is 2.33. The first-order valence-electron chi connectivity index (χ1n) is 9.17. The molecular weight excluding hydrogens is 519 g/mol. The number of thioether (sulfide) groups is 1. The van der Waals surface area contributed by atoms with Crippen LogP contribution >= 0.6 is 50.9 Å². The summed E-state index contributed by atoms with van der Waals surface area (Å²) in [4.78, 5) is 12.6. The molecule has 0 saturated heterocycles. The molecule has 1 amide bonds. The van der Waals surface area contributed by atoms with E-state index < -0.39 is 0 Å². The van der Waals surface area contributed by atoms with Crippen LogP contribution in [0.1, 0.15) is 0 Å². The first-order chi connectivity index (χ1) is 15.0. The molecule has 0 radical (unpaired) electrons. The number of para-hydroxylation sites is 2. The molecule has 0 aliphatic heterocycles. The van der Waals surface area contributed by atoms with Gasteiger partial charge in [-0.15, -0.1) is 10.2 Å². The van der Waals surface area contributed by atoms with E-state index in [1.807, 2.05) is 59.2 Å². The quantitative estimate of drug-likeness (QED) is 0.279. The monoisotopic (exact) mass is 532 g/mol. The number of hydrogen-bond donors (Lipinski definition) is 1. The minimum atomic E-state index is -0.245. The van der Waals surface area contributed by atoms with Gasteiger partial charge in [0.1, 0.15) is 0 Å². The SMILES string of the molecule is O=C(CSc1nnc(-c2ccccc2Br)n1-c1ccccc1)Nc1c(Cl)cccc1Cl. The maximum Gasteiger partial charge on any atom is 0.234 e. The van der Waals surface area contributed by atoms with Crippen molar-refractivity contribution in [2.75, 3.05) is 11.1 Å². The largest absolute Gasteiger partial charge is 0.323 e. The van der Waals surface area contributed by atoms with Crippen molar-refractivity contribution >= 4 is 62.5 Å². The topological polar surface area (TPSA) is 59.8 Å². The summed E-state index contributed by atoms with van der Waals surface area (Å²) in [7, 11) is 0. The Morgan fingerprint density at radius 2 is 1.61 bits per heavy atom. The molecule has 0 aliphatic rings. The fraction of sp³-hybridized carbons (Fsp3) is 0.0455. The maximum atomic E-state index is 12.6. The molecule has 0 aliphatic carbocycles. The first kappa shape index (κ1) is 21.9. The predicted octanol–water partition coefficient (Wildman–Crippen LogP) is 6.73. The van der Waals surface area contributed by atoms with Gasteiger partial charge < -0.3 is 5.32 Å². The molecular formula is C22H15BrCl2N4OS. The Morgan fingerprint density at radius 3 is 2.32 bits per heavy atom. The zero-order chi connectivity index (χ0) is 21.8. The molecule has 156 valence electrons. The Bertz CT molecular complexity index is 1210. The molecule has 3 aromatic carbocycles. The Labute approximate surface area is 201 Å². The van der Waals surface area contributed by atoms with Crippen LogP contribution in [0.3, 0.4) is 0 Å². The average molecular weight is 534 g/mol. The van der Waals surface area contributed by atoms with E-state index in [4.69, 9.17) is 23.2 Å². The minimum Gasteiger partial charge on any atom is -0.323 e. The lowest BCUT2D eigenvalue weighted by Gasteiger charge is -2.12. The summed E-state index contributed by atoms with van der Waals surface area (Å²) in [6.45, 7) is 0. The number of rotatable bonds is 6. The summed E-state index contributed by atoms with van der Waals surface area (Å²) in [6, 6.07) is 22.6. The molecule has 0 fully saturated rings. The number of benzene rings is 3. The second-order valence-electron chi connectivity index (χ2n) is 6.39. The second kappa shape index (κ2) is 9.87. The third kappa shape index (κ3) is 4.96. The number of aromatic nitrogens is 3. The highest BCUT2D eigenvalue weighted by Gasteiger charge is 2.19. The predicted molar refractivity (Wildman–Crippen MR) is 130 cm³/mol. The lowest BCUT2D eigenvalue weighted by Crippen LogP contribution is -2.15. The van der Waals surface area contributed by atoms with E-state index in [0.717, 1.165) is 15.7 Å². The summed E-state index contributed by atoms with van der Waals surface area (Å²) in [5.41, 5.74) is 2.20. The standard InChI is InChI=1S/C22H15BrCl2N4OS/c23-16-10-5-4-9-15(16)21-27-28-22(29(21)14-7-2-1-3-8-14)31-13-19(30)26-20-17(24)11-6-12-18(20)25/h1-12H,13H2,(H,26,30). The molecule has 0 atom stereocenters. The van der Waals surface area contributed by atoms with Gasteiger partial charge in [-0.2, -0.15) is 0 Å². The van der Waals surface area contributed by atoms with Crippen molar-refractivity contribution in [3.63, 3.8) is 0 Å². The lowest BCUT2D eigenvalue weighted by molar-refractivity contribution is -0.113. The van der Waals surface area contributed by atoms with Crippen LogP contribution in [0.5, 0.6) is 0 Å². The molecule has 0 bridgehead atoms. The van der Waals surface area contributed by atoms with Gasteiger partial charge in [0.25, 0.3) is 0 Å². The van der Waals surface area contributed by atoms with Gasteiger partial charge in [-0.3, -0.25) is 9.36 Å². The van der Waals surface area contributed by atoms with Gasteiger partial charge in [0.15, 0.2) is 11.0 Å². The Hall–Kier alpha value is -2.32. The van der Waals surface area contributed by atoms with Crippen LogP contribution in [0.2, 0.25) is 10.0 Å². The number of carbonyl (C=O) groups excluding carboxylic acids is 1. The fourth-order valence-electron chi connectivity index (χ4n) is 2.91. The van der Waals surface area contributed by atoms with Crippen molar-refractivity contribution in [2.24, 2.45) is 0 Å². The summed E-state index contributed by atoms with van der Waals surface area (Å²) in [6.07, 6.45) is 0. The smallest absolute Gasteiger partial charge is 0.234 e. The van der Waals surface area contributed by atoms with Crippen molar-refractivity contribution in [1.82, 2.24) is 14.8 Å². The maximum absolute atomic E-state index is 12.6. The van der Waals surface area contributed by atoms with Gasteiger partial charge in [0.05, 0.1) is 21.5 Å². The van der Waals surface area contributed by atoms with Gasteiger partial charge >= 0.3 is 0 Å². The molecule has 0 spiro atoms. The highest BCUT2D eigenvalue weighted by molar-refractivity contribution is 9.10. The van der Waals surface area contributed by atoms with Crippen molar-refractivity contribution < 1.29 is 4.79 Å². The number of carbonyl (C=O) groups is 1. The molecule has 4 rings (SSSR count). The minimum absolute atomic E-state index is 0.114. The molecule has 31 heavy (non-hydrogen) atoms. The molecule has 4 aromatic rings. The van der Waals surface area contributed by atoms with Crippen LogP contribution in [0.25, 0.3) is 17.1 Å². The summed E-state index contributed by atoms with van der Waals surface area (Å²) >= 11 is 17.2. The number of anilines is 1. The van der Waals surface area contributed by atoms with Crippen LogP contribution < -0.4 is 5.32 Å². The Kier molecular flexibility index (Phi) is 6.97. The molecule has 1 heterocycles. The molecule has 1 N–H and O–H groups in total.